The third-order valence-electron chi connectivity index (χ3n) is 3.77. The lowest BCUT2D eigenvalue weighted by Gasteiger charge is -2.21. The predicted octanol–water partition coefficient (Wildman–Crippen LogP) is 3.30. The van der Waals surface area contributed by atoms with Crippen LogP contribution in [0.5, 0.6) is 0 Å². The van der Waals surface area contributed by atoms with Gasteiger partial charge in [0, 0.05) is 10.6 Å². The van der Waals surface area contributed by atoms with E-state index in [1.54, 1.807) is 11.3 Å². The molecule has 1 unspecified atom stereocenters. The number of hydrogen-bond donors (Lipinski definition) is 2. The molecule has 20 heavy (non-hydrogen) atoms. The molecule has 1 aromatic heterocycles. The lowest BCUT2D eigenvalue weighted by atomic mass is 9.87. The standard InChI is InChI=1S/C16H17NO2S/c18-10-11-4-6-12(7-5-11)17-16(19)14-2-1-3-15-13(14)8-9-20-15/h4-9,14,18H,1-3,10H2,(H,17,19). The highest BCUT2D eigenvalue weighted by molar-refractivity contribution is 7.10. The van der Waals surface area contributed by atoms with E-state index < -0.39 is 0 Å². The van der Waals surface area contributed by atoms with Crippen LogP contribution in [0.1, 0.15) is 34.8 Å². The molecule has 1 aliphatic carbocycles. The normalized spacial score (nSPS) is 17.6. The van der Waals surface area contributed by atoms with Crippen molar-refractivity contribution in [1.29, 1.82) is 0 Å². The van der Waals surface area contributed by atoms with Gasteiger partial charge in [-0.2, -0.15) is 0 Å². The fourth-order valence-corrected chi connectivity index (χ4v) is 3.67. The Kier molecular flexibility index (Phi) is 3.85. The highest BCUT2D eigenvalue weighted by atomic mass is 32.1. The van der Waals surface area contributed by atoms with E-state index in [1.807, 2.05) is 24.3 Å². The average molecular weight is 287 g/mol. The van der Waals surface area contributed by atoms with Gasteiger partial charge in [0.25, 0.3) is 0 Å². The highest BCUT2D eigenvalue weighted by Gasteiger charge is 2.27. The Morgan fingerprint density at radius 1 is 1.30 bits per heavy atom. The third kappa shape index (κ3) is 2.62. The van der Waals surface area contributed by atoms with E-state index in [-0.39, 0.29) is 18.4 Å². The lowest BCUT2D eigenvalue weighted by molar-refractivity contribution is -0.117. The number of thiophene rings is 1. The molecule has 4 heteroatoms. The summed E-state index contributed by atoms with van der Waals surface area (Å²) in [6.45, 7) is 0.0229. The van der Waals surface area contributed by atoms with Gasteiger partial charge in [-0.1, -0.05) is 12.1 Å². The van der Waals surface area contributed by atoms with Crippen molar-refractivity contribution in [3.63, 3.8) is 0 Å². The van der Waals surface area contributed by atoms with Crippen LogP contribution in [-0.2, 0) is 17.8 Å². The number of rotatable bonds is 3. The van der Waals surface area contributed by atoms with Crippen LogP contribution >= 0.6 is 11.3 Å². The molecule has 3 rings (SSSR count). The molecule has 2 aromatic rings. The number of aliphatic hydroxyl groups is 1. The Balaban J connectivity index is 1.74. The smallest absolute Gasteiger partial charge is 0.231 e. The quantitative estimate of drug-likeness (QED) is 0.910. The van der Waals surface area contributed by atoms with E-state index in [0.29, 0.717) is 0 Å². The van der Waals surface area contributed by atoms with Crippen LogP contribution in [-0.4, -0.2) is 11.0 Å². The van der Waals surface area contributed by atoms with Gasteiger partial charge in [0.05, 0.1) is 12.5 Å². The van der Waals surface area contributed by atoms with Crippen LogP contribution in [0, 0.1) is 0 Å². The first-order chi connectivity index (χ1) is 9.78. The van der Waals surface area contributed by atoms with Crippen molar-refractivity contribution in [2.45, 2.75) is 31.8 Å². The van der Waals surface area contributed by atoms with Gasteiger partial charge in [-0.25, -0.2) is 0 Å². The second kappa shape index (κ2) is 5.77. The molecule has 1 heterocycles. The monoisotopic (exact) mass is 287 g/mol. The summed E-state index contributed by atoms with van der Waals surface area (Å²) < 4.78 is 0. The van der Waals surface area contributed by atoms with Crippen molar-refractivity contribution in [2.75, 3.05) is 5.32 Å². The number of amides is 1. The molecule has 1 atom stereocenters. The fourth-order valence-electron chi connectivity index (χ4n) is 2.68. The van der Waals surface area contributed by atoms with Crippen LogP contribution in [0.3, 0.4) is 0 Å². The van der Waals surface area contributed by atoms with E-state index in [4.69, 9.17) is 5.11 Å². The Morgan fingerprint density at radius 2 is 2.10 bits per heavy atom. The van der Waals surface area contributed by atoms with Crippen LogP contribution in [0.2, 0.25) is 0 Å². The van der Waals surface area contributed by atoms with Gasteiger partial charge in [-0.3, -0.25) is 4.79 Å². The molecular weight excluding hydrogens is 270 g/mol. The van der Waals surface area contributed by atoms with Gasteiger partial charge in [-0.15, -0.1) is 11.3 Å². The molecule has 0 bridgehead atoms. The number of carbonyl (C=O) groups is 1. The average Bonchev–Trinajstić information content (AvgIpc) is 2.96. The van der Waals surface area contributed by atoms with Gasteiger partial charge in [0.15, 0.2) is 0 Å². The molecule has 104 valence electrons. The number of hydrogen-bond acceptors (Lipinski definition) is 3. The van der Waals surface area contributed by atoms with Crippen molar-refractivity contribution in [1.82, 2.24) is 0 Å². The van der Waals surface area contributed by atoms with E-state index in [1.165, 1.54) is 10.4 Å². The first kappa shape index (κ1) is 13.3. The van der Waals surface area contributed by atoms with Crippen LogP contribution < -0.4 is 5.32 Å². The first-order valence-electron chi connectivity index (χ1n) is 6.85. The minimum atomic E-state index is -0.0254. The minimum absolute atomic E-state index is 0.0229. The largest absolute Gasteiger partial charge is 0.392 e. The molecule has 0 saturated carbocycles. The fraction of sp³-hybridized carbons (Fsp3) is 0.312. The summed E-state index contributed by atoms with van der Waals surface area (Å²) in [6, 6.07) is 9.40. The molecule has 0 spiro atoms. The number of carbonyl (C=O) groups excluding carboxylic acids is 1. The van der Waals surface area contributed by atoms with Crippen molar-refractivity contribution < 1.29 is 9.90 Å². The summed E-state index contributed by atoms with van der Waals surface area (Å²) >= 11 is 1.75. The molecule has 0 radical (unpaired) electrons. The van der Waals surface area contributed by atoms with Crippen molar-refractivity contribution in [2.24, 2.45) is 0 Å². The van der Waals surface area contributed by atoms with E-state index in [2.05, 4.69) is 16.8 Å². The van der Waals surface area contributed by atoms with Gasteiger partial charge >= 0.3 is 0 Å². The molecule has 1 amide bonds. The van der Waals surface area contributed by atoms with E-state index in [0.717, 1.165) is 30.5 Å². The Morgan fingerprint density at radius 3 is 2.85 bits per heavy atom. The zero-order valence-corrected chi connectivity index (χ0v) is 12.0. The number of aryl methyl sites for hydroxylation is 1. The number of nitrogens with one attached hydrogen (secondary N) is 1. The Labute approximate surface area is 122 Å². The van der Waals surface area contributed by atoms with Crippen molar-refractivity contribution >= 4 is 22.9 Å². The van der Waals surface area contributed by atoms with Crippen molar-refractivity contribution in [3.05, 3.63) is 51.7 Å². The van der Waals surface area contributed by atoms with E-state index >= 15 is 0 Å². The Hall–Kier alpha value is -1.65. The highest BCUT2D eigenvalue weighted by Crippen LogP contribution is 2.35. The summed E-state index contributed by atoms with van der Waals surface area (Å²) in [7, 11) is 0. The van der Waals surface area contributed by atoms with Crippen molar-refractivity contribution in [3.8, 4) is 0 Å². The zero-order valence-electron chi connectivity index (χ0n) is 11.1. The molecule has 0 fully saturated rings. The summed E-state index contributed by atoms with van der Waals surface area (Å²) in [5, 5.41) is 14.1. The second-order valence-corrected chi connectivity index (χ2v) is 6.09. The third-order valence-corrected chi connectivity index (χ3v) is 4.77. The van der Waals surface area contributed by atoms with E-state index in [9.17, 15) is 4.79 Å². The van der Waals surface area contributed by atoms with Gasteiger partial charge in [0.2, 0.25) is 5.91 Å². The predicted molar refractivity (Wildman–Crippen MR) is 81.0 cm³/mol. The Bertz CT molecular complexity index is 603. The molecule has 3 nitrogen and oxygen atoms in total. The number of fused-ring (bicyclic) bond motifs is 1. The molecule has 0 aliphatic heterocycles. The van der Waals surface area contributed by atoms with Gasteiger partial charge in [0.1, 0.15) is 0 Å². The summed E-state index contributed by atoms with van der Waals surface area (Å²) in [5.41, 5.74) is 2.83. The summed E-state index contributed by atoms with van der Waals surface area (Å²) in [4.78, 5) is 13.8. The first-order valence-corrected chi connectivity index (χ1v) is 7.73. The summed E-state index contributed by atoms with van der Waals surface area (Å²) in [5.74, 6) is 0.0450. The second-order valence-electron chi connectivity index (χ2n) is 5.09. The lowest BCUT2D eigenvalue weighted by Crippen LogP contribution is -2.23. The molecular formula is C16H17NO2S. The molecule has 2 N–H and O–H groups in total. The van der Waals surface area contributed by atoms with Crippen LogP contribution in [0.15, 0.2) is 35.7 Å². The molecule has 0 saturated heterocycles. The maximum absolute atomic E-state index is 12.4. The molecule has 1 aromatic carbocycles. The van der Waals surface area contributed by atoms with Crippen LogP contribution in [0.25, 0.3) is 0 Å². The minimum Gasteiger partial charge on any atom is -0.392 e. The maximum Gasteiger partial charge on any atom is 0.231 e. The van der Waals surface area contributed by atoms with Gasteiger partial charge < -0.3 is 10.4 Å². The van der Waals surface area contributed by atoms with Gasteiger partial charge in [-0.05, 0) is 54.0 Å². The topological polar surface area (TPSA) is 49.3 Å². The molecule has 1 aliphatic rings. The zero-order chi connectivity index (χ0) is 13.9. The number of aliphatic hydroxyl groups excluding tert-OH is 1. The maximum atomic E-state index is 12.4. The number of anilines is 1. The summed E-state index contributed by atoms with van der Waals surface area (Å²) in [6.07, 6.45) is 3.10. The number of benzene rings is 1. The SMILES string of the molecule is O=C(Nc1ccc(CO)cc1)C1CCCc2sccc21. The van der Waals surface area contributed by atoms with Crippen LogP contribution in [0.4, 0.5) is 5.69 Å².